The van der Waals surface area contributed by atoms with Gasteiger partial charge in [0.15, 0.2) is 0 Å². The number of ether oxygens (including phenoxy) is 1. The van der Waals surface area contributed by atoms with E-state index in [1.54, 1.807) is 17.5 Å². The number of hydrogen-bond donors (Lipinski definition) is 1. The molecule has 17 heavy (non-hydrogen) atoms. The quantitative estimate of drug-likeness (QED) is 0.882. The van der Waals surface area contributed by atoms with Gasteiger partial charge in [-0.25, -0.2) is 4.98 Å². The standard InChI is InChI=1S/C12H15N3OS/c1-9-3-4-11(10(15-9)7-13-2)16-8-12-14-5-6-17-12/h3-6,13H,7-8H2,1-2H3. The summed E-state index contributed by atoms with van der Waals surface area (Å²) in [7, 11) is 1.90. The first kappa shape index (κ1) is 12.0. The van der Waals surface area contributed by atoms with Gasteiger partial charge in [0.25, 0.3) is 0 Å². The minimum atomic E-state index is 0.499. The molecular formula is C12H15N3OS. The van der Waals surface area contributed by atoms with Crippen molar-refractivity contribution in [2.75, 3.05) is 7.05 Å². The first-order valence-corrected chi connectivity index (χ1v) is 6.30. The molecule has 0 saturated heterocycles. The molecule has 0 saturated carbocycles. The van der Waals surface area contributed by atoms with E-state index in [1.807, 2.05) is 31.5 Å². The molecule has 0 spiro atoms. The van der Waals surface area contributed by atoms with Crippen LogP contribution in [0.4, 0.5) is 0 Å². The van der Waals surface area contributed by atoms with Crippen LogP contribution in [-0.2, 0) is 13.2 Å². The molecule has 0 aliphatic heterocycles. The van der Waals surface area contributed by atoms with Crippen LogP contribution in [0.25, 0.3) is 0 Å². The Morgan fingerprint density at radius 2 is 2.29 bits per heavy atom. The molecule has 2 rings (SSSR count). The van der Waals surface area contributed by atoms with Crippen LogP contribution in [0.5, 0.6) is 5.75 Å². The lowest BCUT2D eigenvalue weighted by Crippen LogP contribution is -2.10. The first-order valence-electron chi connectivity index (χ1n) is 5.42. The van der Waals surface area contributed by atoms with Crippen molar-refractivity contribution in [3.8, 4) is 5.75 Å². The average molecular weight is 249 g/mol. The molecule has 0 aliphatic rings. The van der Waals surface area contributed by atoms with Gasteiger partial charge in [0.05, 0.1) is 5.69 Å². The third kappa shape index (κ3) is 3.25. The van der Waals surface area contributed by atoms with Gasteiger partial charge in [0.2, 0.25) is 0 Å². The Labute approximate surface area is 105 Å². The summed E-state index contributed by atoms with van der Waals surface area (Å²) in [5.41, 5.74) is 1.93. The molecular weight excluding hydrogens is 234 g/mol. The van der Waals surface area contributed by atoms with E-state index < -0.39 is 0 Å². The Balaban J connectivity index is 2.08. The Hall–Kier alpha value is -1.46. The highest BCUT2D eigenvalue weighted by Gasteiger charge is 2.06. The second-order valence-electron chi connectivity index (χ2n) is 3.64. The van der Waals surface area contributed by atoms with Crippen molar-refractivity contribution < 1.29 is 4.74 Å². The molecule has 0 radical (unpaired) electrons. The van der Waals surface area contributed by atoms with Gasteiger partial charge in [-0.15, -0.1) is 11.3 Å². The normalized spacial score (nSPS) is 10.5. The van der Waals surface area contributed by atoms with E-state index in [0.29, 0.717) is 13.2 Å². The summed E-state index contributed by atoms with van der Waals surface area (Å²) in [6.07, 6.45) is 1.78. The lowest BCUT2D eigenvalue weighted by Gasteiger charge is -2.10. The summed E-state index contributed by atoms with van der Waals surface area (Å²) in [4.78, 5) is 8.64. The lowest BCUT2D eigenvalue weighted by atomic mass is 10.3. The number of aromatic nitrogens is 2. The van der Waals surface area contributed by atoms with Crippen LogP contribution >= 0.6 is 11.3 Å². The minimum absolute atomic E-state index is 0.499. The van der Waals surface area contributed by atoms with Crippen molar-refractivity contribution in [1.29, 1.82) is 0 Å². The molecule has 0 aromatic carbocycles. The van der Waals surface area contributed by atoms with E-state index in [4.69, 9.17) is 4.74 Å². The summed E-state index contributed by atoms with van der Waals surface area (Å²) in [5, 5.41) is 6.01. The monoisotopic (exact) mass is 249 g/mol. The molecule has 0 fully saturated rings. The zero-order chi connectivity index (χ0) is 12.1. The van der Waals surface area contributed by atoms with Crippen LogP contribution in [0.15, 0.2) is 23.7 Å². The highest BCUT2D eigenvalue weighted by molar-refractivity contribution is 7.09. The number of aryl methyl sites for hydroxylation is 1. The van der Waals surface area contributed by atoms with Gasteiger partial charge in [-0.2, -0.15) is 0 Å². The summed E-state index contributed by atoms with van der Waals surface area (Å²) in [6.45, 7) is 3.18. The van der Waals surface area contributed by atoms with Crippen molar-refractivity contribution in [3.05, 3.63) is 40.1 Å². The van der Waals surface area contributed by atoms with Crippen molar-refractivity contribution in [2.24, 2.45) is 0 Å². The Morgan fingerprint density at radius 1 is 1.41 bits per heavy atom. The largest absolute Gasteiger partial charge is 0.484 e. The second-order valence-corrected chi connectivity index (χ2v) is 4.62. The maximum absolute atomic E-state index is 5.73. The highest BCUT2D eigenvalue weighted by atomic mass is 32.1. The Morgan fingerprint density at radius 3 is 3.00 bits per heavy atom. The summed E-state index contributed by atoms with van der Waals surface area (Å²) in [5.74, 6) is 0.820. The van der Waals surface area contributed by atoms with Crippen molar-refractivity contribution in [2.45, 2.75) is 20.1 Å². The summed E-state index contributed by atoms with van der Waals surface area (Å²) in [6, 6.07) is 3.92. The number of rotatable bonds is 5. The van der Waals surface area contributed by atoms with Crippen molar-refractivity contribution in [3.63, 3.8) is 0 Å². The molecule has 1 N–H and O–H groups in total. The summed E-state index contributed by atoms with van der Waals surface area (Å²) >= 11 is 1.59. The molecule has 2 aromatic heterocycles. The molecule has 5 heteroatoms. The fourth-order valence-electron chi connectivity index (χ4n) is 1.49. The van der Waals surface area contributed by atoms with Crippen LogP contribution < -0.4 is 10.1 Å². The van der Waals surface area contributed by atoms with Gasteiger partial charge in [-0.05, 0) is 26.1 Å². The topological polar surface area (TPSA) is 47.0 Å². The van der Waals surface area contributed by atoms with Crippen LogP contribution in [0.2, 0.25) is 0 Å². The molecule has 0 unspecified atom stereocenters. The smallest absolute Gasteiger partial charge is 0.142 e. The van der Waals surface area contributed by atoms with Gasteiger partial charge in [-0.3, -0.25) is 4.98 Å². The first-order chi connectivity index (χ1) is 8.29. The average Bonchev–Trinajstić information content (AvgIpc) is 2.81. The zero-order valence-corrected chi connectivity index (χ0v) is 10.8. The van der Waals surface area contributed by atoms with Crippen LogP contribution in [-0.4, -0.2) is 17.0 Å². The van der Waals surface area contributed by atoms with Crippen LogP contribution in [0, 0.1) is 6.92 Å². The predicted molar refractivity (Wildman–Crippen MR) is 68.2 cm³/mol. The van der Waals surface area contributed by atoms with E-state index in [2.05, 4.69) is 15.3 Å². The fourth-order valence-corrected chi connectivity index (χ4v) is 2.01. The fraction of sp³-hybridized carbons (Fsp3) is 0.333. The second kappa shape index (κ2) is 5.75. The third-order valence-corrected chi connectivity index (χ3v) is 3.00. The van der Waals surface area contributed by atoms with Gasteiger partial charge in [0, 0.05) is 23.8 Å². The number of nitrogens with one attached hydrogen (secondary N) is 1. The van der Waals surface area contributed by atoms with E-state index in [1.165, 1.54) is 0 Å². The lowest BCUT2D eigenvalue weighted by molar-refractivity contribution is 0.300. The van der Waals surface area contributed by atoms with Crippen LogP contribution in [0.3, 0.4) is 0 Å². The Kier molecular flexibility index (Phi) is 4.06. The molecule has 4 nitrogen and oxygen atoms in total. The Bertz CT molecular complexity index is 471. The molecule has 2 heterocycles. The van der Waals surface area contributed by atoms with Gasteiger partial charge in [-0.1, -0.05) is 0 Å². The molecule has 2 aromatic rings. The summed E-state index contributed by atoms with van der Waals surface area (Å²) < 4.78 is 5.73. The number of pyridine rings is 1. The van der Waals surface area contributed by atoms with E-state index in [-0.39, 0.29) is 0 Å². The highest BCUT2D eigenvalue weighted by Crippen LogP contribution is 2.18. The van der Waals surface area contributed by atoms with E-state index >= 15 is 0 Å². The van der Waals surface area contributed by atoms with Gasteiger partial charge in [0.1, 0.15) is 17.4 Å². The number of thiazole rings is 1. The third-order valence-electron chi connectivity index (χ3n) is 2.25. The minimum Gasteiger partial charge on any atom is -0.484 e. The zero-order valence-electron chi connectivity index (χ0n) is 9.93. The number of nitrogens with zero attached hydrogens (tertiary/aromatic N) is 2. The molecule has 90 valence electrons. The maximum atomic E-state index is 5.73. The molecule has 0 amide bonds. The maximum Gasteiger partial charge on any atom is 0.142 e. The number of hydrogen-bond acceptors (Lipinski definition) is 5. The molecule has 0 atom stereocenters. The molecule has 0 aliphatic carbocycles. The SMILES string of the molecule is CNCc1nc(C)ccc1OCc1nccs1. The molecule has 0 bridgehead atoms. The van der Waals surface area contributed by atoms with Gasteiger partial charge >= 0.3 is 0 Å². The van der Waals surface area contributed by atoms with Gasteiger partial charge < -0.3 is 10.1 Å². The van der Waals surface area contributed by atoms with Crippen molar-refractivity contribution in [1.82, 2.24) is 15.3 Å². The van der Waals surface area contributed by atoms with E-state index in [0.717, 1.165) is 22.1 Å². The van der Waals surface area contributed by atoms with E-state index in [9.17, 15) is 0 Å². The predicted octanol–water partition coefficient (Wildman–Crippen LogP) is 2.14. The van der Waals surface area contributed by atoms with Crippen LogP contribution in [0.1, 0.15) is 16.4 Å². The van der Waals surface area contributed by atoms with Crippen molar-refractivity contribution >= 4 is 11.3 Å².